The Bertz CT molecular complexity index is 775. The second-order valence-electron chi connectivity index (χ2n) is 5.22. The van der Waals surface area contributed by atoms with Crippen LogP contribution < -0.4 is 15.0 Å². The van der Waals surface area contributed by atoms with E-state index in [1.165, 1.54) is 0 Å². The average molecular weight is 320 g/mol. The molecule has 0 aliphatic rings. The van der Waals surface area contributed by atoms with Gasteiger partial charge in [-0.25, -0.2) is 4.98 Å². The van der Waals surface area contributed by atoms with Crippen LogP contribution in [0.4, 0.5) is 23.1 Å². The van der Waals surface area contributed by atoms with Gasteiger partial charge in [-0.2, -0.15) is 4.98 Å². The Labute approximate surface area is 142 Å². The van der Waals surface area contributed by atoms with Crippen molar-refractivity contribution in [2.24, 2.45) is 0 Å². The van der Waals surface area contributed by atoms with Gasteiger partial charge in [0.1, 0.15) is 11.6 Å². The third-order valence-corrected chi connectivity index (χ3v) is 3.55. The van der Waals surface area contributed by atoms with Crippen molar-refractivity contribution in [3.63, 3.8) is 0 Å². The first-order valence-corrected chi connectivity index (χ1v) is 7.88. The van der Waals surface area contributed by atoms with E-state index < -0.39 is 0 Å². The van der Waals surface area contributed by atoms with Crippen molar-refractivity contribution >= 4 is 23.1 Å². The number of para-hydroxylation sites is 1. The largest absolute Gasteiger partial charge is 0.494 e. The number of ether oxygens (including phenoxy) is 1. The number of hydrogen-bond acceptors (Lipinski definition) is 5. The zero-order chi connectivity index (χ0) is 16.8. The van der Waals surface area contributed by atoms with Gasteiger partial charge in [-0.05, 0) is 49.4 Å². The van der Waals surface area contributed by atoms with E-state index >= 15 is 0 Å². The van der Waals surface area contributed by atoms with E-state index in [2.05, 4.69) is 15.3 Å². The van der Waals surface area contributed by atoms with Crippen LogP contribution in [0.3, 0.4) is 0 Å². The lowest BCUT2D eigenvalue weighted by Crippen LogP contribution is -2.12. The predicted molar refractivity (Wildman–Crippen MR) is 97.4 cm³/mol. The minimum atomic E-state index is 0.555. The summed E-state index contributed by atoms with van der Waals surface area (Å²) in [5, 5.41) is 3.22. The van der Waals surface area contributed by atoms with Gasteiger partial charge in [0.05, 0.1) is 6.61 Å². The molecular weight excluding hydrogens is 300 g/mol. The highest BCUT2D eigenvalue weighted by Crippen LogP contribution is 2.23. The molecule has 0 spiro atoms. The van der Waals surface area contributed by atoms with Crippen molar-refractivity contribution in [2.75, 3.05) is 23.9 Å². The summed E-state index contributed by atoms with van der Waals surface area (Å²) in [7, 11) is 1.98. The molecular formula is C19H20N4O. The van der Waals surface area contributed by atoms with Crippen molar-refractivity contribution in [1.82, 2.24) is 9.97 Å². The first-order chi connectivity index (χ1) is 11.8. The molecule has 5 heteroatoms. The summed E-state index contributed by atoms with van der Waals surface area (Å²) < 4.78 is 5.44. The number of benzene rings is 2. The minimum absolute atomic E-state index is 0.555. The molecule has 0 aliphatic heterocycles. The van der Waals surface area contributed by atoms with Crippen molar-refractivity contribution in [3.8, 4) is 5.75 Å². The van der Waals surface area contributed by atoms with Crippen LogP contribution in [0.1, 0.15) is 6.92 Å². The molecule has 122 valence electrons. The third-order valence-electron chi connectivity index (χ3n) is 3.55. The van der Waals surface area contributed by atoms with Crippen LogP contribution in [-0.4, -0.2) is 23.6 Å². The number of anilines is 4. The van der Waals surface area contributed by atoms with Crippen molar-refractivity contribution < 1.29 is 4.74 Å². The molecule has 0 saturated heterocycles. The summed E-state index contributed by atoms with van der Waals surface area (Å²) in [6.45, 7) is 2.62. The number of nitrogens with one attached hydrogen (secondary N) is 1. The highest BCUT2D eigenvalue weighted by atomic mass is 16.5. The maximum Gasteiger partial charge on any atom is 0.229 e. The maximum atomic E-state index is 5.44. The molecule has 0 aliphatic carbocycles. The molecule has 0 saturated carbocycles. The number of rotatable bonds is 6. The quantitative estimate of drug-likeness (QED) is 0.730. The number of hydrogen-bond donors (Lipinski definition) is 1. The topological polar surface area (TPSA) is 50.3 Å². The van der Waals surface area contributed by atoms with E-state index in [1.807, 2.05) is 79.5 Å². The average Bonchev–Trinajstić information content (AvgIpc) is 2.64. The van der Waals surface area contributed by atoms with Gasteiger partial charge in [-0.15, -0.1) is 0 Å². The van der Waals surface area contributed by atoms with Crippen LogP contribution in [0, 0.1) is 0 Å². The van der Waals surface area contributed by atoms with E-state index in [9.17, 15) is 0 Å². The summed E-state index contributed by atoms with van der Waals surface area (Å²) in [4.78, 5) is 10.9. The molecule has 2 aromatic carbocycles. The van der Waals surface area contributed by atoms with E-state index in [0.29, 0.717) is 12.6 Å². The molecule has 0 fully saturated rings. The van der Waals surface area contributed by atoms with E-state index in [0.717, 1.165) is 22.9 Å². The Balaban J connectivity index is 1.75. The first-order valence-electron chi connectivity index (χ1n) is 7.88. The second-order valence-corrected chi connectivity index (χ2v) is 5.22. The second kappa shape index (κ2) is 7.46. The Hall–Kier alpha value is -3.08. The Morgan fingerprint density at radius 1 is 1.00 bits per heavy atom. The van der Waals surface area contributed by atoms with Crippen LogP contribution in [0.5, 0.6) is 5.75 Å². The lowest BCUT2D eigenvalue weighted by Gasteiger charge is -2.18. The molecule has 5 nitrogen and oxygen atoms in total. The number of nitrogens with zero attached hydrogens (tertiary/aromatic N) is 3. The summed E-state index contributed by atoms with van der Waals surface area (Å²) in [6, 6.07) is 19.7. The Kier molecular flexibility index (Phi) is 4.91. The van der Waals surface area contributed by atoms with Crippen LogP contribution in [0.15, 0.2) is 66.9 Å². The lowest BCUT2D eigenvalue weighted by atomic mass is 10.3. The molecule has 1 N–H and O–H groups in total. The molecule has 1 aromatic heterocycles. The van der Waals surface area contributed by atoms with E-state index in [-0.39, 0.29) is 0 Å². The first kappa shape index (κ1) is 15.8. The third kappa shape index (κ3) is 3.81. The summed E-state index contributed by atoms with van der Waals surface area (Å²) in [5.41, 5.74) is 1.99. The fraction of sp³-hybridized carbons (Fsp3) is 0.158. The summed E-state index contributed by atoms with van der Waals surface area (Å²) in [5.74, 6) is 2.23. The monoisotopic (exact) mass is 320 g/mol. The van der Waals surface area contributed by atoms with E-state index in [1.54, 1.807) is 6.20 Å². The van der Waals surface area contributed by atoms with Crippen molar-refractivity contribution in [1.29, 1.82) is 0 Å². The van der Waals surface area contributed by atoms with Gasteiger partial charge in [0, 0.05) is 24.6 Å². The van der Waals surface area contributed by atoms with Gasteiger partial charge in [-0.1, -0.05) is 18.2 Å². The SMILES string of the molecule is CCOc1ccc(Nc2nccc(N(C)c3ccccc3)n2)cc1. The highest BCUT2D eigenvalue weighted by Gasteiger charge is 2.07. The predicted octanol–water partition coefficient (Wildman–Crippen LogP) is 4.39. The molecule has 0 bridgehead atoms. The summed E-state index contributed by atoms with van der Waals surface area (Å²) in [6.07, 6.45) is 1.75. The summed E-state index contributed by atoms with van der Waals surface area (Å²) >= 11 is 0. The zero-order valence-corrected chi connectivity index (χ0v) is 13.8. The van der Waals surface area contributed by atoms with Crippen molar-refractivity contribution in [2.45, 2.75) is 6.92 Å². The Morgan fingerprint density at radius 3 is 2.46 bits per heavy atom. The van der Waals surface area contributed by atoms with Crippen LogP contribution in [0.2, 0.25) is 0 Å². The lowest BCUT2D eigenvalue weighted by molar-refractivity contribution is 0.340. The molecule has 24 heavy (non-hydrogen) atoms. The van der Waals surface area contributed by atoms with E-state index in [4.69, 9.17) is 4.74 Å². The van der Waals surface area contributed by atoms with Gasteiger partial charge in [0.2, 0.25) is 5.95 Å². The standard InChI is InChI=1S/C19H20N4O/c1-3-24-17-11-9-15(10-12-17)21-19-20-14-13-18(22-19)23(2)16-7-5-4-6-8-16/h4-14H,3H2,1-2H3,(H,20,21,22). The molecule has 3 rings (SSSR count). The molecule has 1 heterocycles. The van der Waals surface area contributed by atoms with Crippen LogP contribution in [-0.2, 0) is 0 Å². The van der Waals surface area contributed by atoms with Crippen LogP contribution >= 0.6 is 0 Å². The molecule has 3 aromatic rings. The van der Waals surface area contributed by atoms with Gasteiger partial charge >= 0.3 is 0 Å². The molecule has 0 atom stereocenters. The fourth-order valence-electron chi connectivity index (χ4n) is 2.31. The molecule has 0 amide bonds. The van der Waals surface area contributed by atoms with Crippen LogP contribution in [0.25, 0.3) is 0 Å². The fourth-order valence-corrected chi connectivity index (χ4v) is 2.31. The zero-order valence-electron chi connectivity index (χ0n) is 13.8. The molecule has 0 radical (unpaired) electrons. The van der Waals surface area contributed by atoms with Crippen molar-refractivity contribution in [3.05, 3.63) is 66.9 Å². The molecule has 0 unspecified atom stereocenters. The van der Waals surface area contributed by atoms with Gasteiger partial charge in [0.15, 0.2) is 0 Å². The smallest absolute Gasteiger partial charge is 0.229 e. The normalized spacial score (nSPS) is 10.2. The number of aromatic nitrogens is 2. The van der Waals surface area contributed by atoms with Gasteiger partial charge in [0.25, 0.3) is 0 Å². The maximum absolute atomic E-state index is 5.44. The van der Waals surface area contributed by atoms with Gasteiger partial charge in [-0.3, -0.25) is 0 Å². The minimum Gasteiger partial charge on any atom is -0.494 e. The highest BCUT2D eigenvalue weighted by molar-refractivity contribution is 5.61. The Morgan fingerprint density at radius 2 is 1.75 bits per heavy atom. The van der Waals surface area contributed by atoms with Gasteiger partial charge < -0.3 is 15.0 Å².